The molecule has 0 saturated heterocycles. The first-order chi connectivity index (χ1) is 8.72. The van der Waals surface area contributed by atoms with Gasteiger partial charge in [-0.05, 0) is 37.1 Å². The van der Waals surface area contributed by atoms with E-state index in [4.69, 9.17) is 4.74 Å². The highest BCUT2D eigenvalue weighted by Gasteiger charge is 2.19. The van der Waals surface area contributed by atoms with E-state index in [2.05, 4.69) is 4.98 Å². The normalized spacial score (nSPS) is 13.7. The number of rotatable bonds is 3. The minimum atomic E-state index is 0.242. The molecule has 0 unspecified atom stereocenters. The molecule has 0 fully saturated rings. The van der Waals surface area contributed by atoms with Gasteiger partial charge in [0.05, 0.1) is 10.7 Å². The highest BCUT2D eigenvalue weighted by Crippen LogP contribution is 2.26. The summed E-state index contributed by atoms with van der Waals surface area (Å²) in [5.74, 6) is 1.06. The minimum Gasteiger partial charge on any atom is -0.487 e. The highest BCUT2D eigenvalue weighted by molar-refractivity contribution is 7.09. The van der Waals surface area contributed by atoms with Crippen LogP contribution in [0.1, 0.15) is 33.0 Å². The van der Waals surface area contributed by atoms with Gasteiger partial charge in [-0.1, -0.05) is 0 Å². The van der Waals surface area contributed by atoms with Crippen molar-refractivity contribution in [2.45, 2.75) is 26.4 Å². The fourth-order valence-electron chi connectivity index (χ4n) is 2.15. The number of benzene rings is 1. The van der Waals surface area contributed by atoms with Gasteiger partial charge in [0.1, 0.15) is 12.4 Å². The second kappa shape index (κ2) is 4.53. The summed E-state index contributed by atoms with van der Waals surface area (Å²) in [6, 6.07) is 5.70. The molecule has 4 heteroatoms. The molecule has 1 aromatic carbocycles. The monoisotopic (exact) mass is 259 g/mol. The SMILES string of the molecule is Cc1nc(COc2ccc3c(c2)CCC3=O)cs1. The zero-order valence-corrected chi connectivity index (χ0v) is 10.9. The van der Waals surface area contributed by atoms with Crippen molar-refractivity contribution in [2.24, 2.45) is 0 Å². The molecule has 1 aliphatic carbocycles. The lowest BCUT2D eigenvalue weighted by Gasteiger charge is -2.06. The first-order valence-electron chi connectivity index (χ1n) is 5.92. The third kappa shape index (κ3) is 2.16. The Balaban J connectivity index is 1.72. The Kier molecular flexibility index (Phi) is 2.88. The van der Waals surface area contributed by atoms with Gasteiger partial charge in [0, 0.05) is 17.4 Å². The van der Waals surface area contributed by atoms with Crippen molar-refractivity contribution in [2.75, 3.05) is 0 Å². The Labute approximate surface area is 109 Å². The predicted octanol–water partition coefficient (Wildman–Crippen LogP) is 3.16. The number of ether oxygens (including phenoxy) is 1. The van der Waals surface area contributed by atoms with Crippen LogP contribution in [0.2, 0.25) is 0 Å². The second-order valence-corrected chi connectivity index (χ2v) is 5.45. The molecule has 0 spiro atoms. The van der Waals surface area contributed by atoms with Gasteiger partial charge in [-0.15, -0.1) is 11.3 Å². The number of hydrogen-bond donors (Lipinski definition) is 0. The van der Waals surface area contributed by atoms with Crippen molar-refractivity contribution in [1.29, 1.82) is 0 Å². The van der Waals surface area contributed by atoms with Crippen LogP contribution in [-0.4, -0.2) is 10.8 Å². The van der Waals surface area contributed by atoms with Crippen LogP contribution >= 0.6 is 11.3 Å². The fraction of sp³-hybridized carbons (Fsp3) is 0.286. The predicted molar refractivity (Wildman–Crippen MR) is 70.3 cm³/mol. The maximum absolute atomic E-state index is 11.5. The van der Waals surface area contributed by atoms with Gasteiger partial charge >= 0.3 is 0 Å². The van der Waals surface area contributed by atoms with Crippen LogP contribution in [0.15, 0.2) is 23.6 Å². The van der Waals surface area contributed by atoms with E-state index in [0.29, 0.717) is 13.0 Å². The molecular weight excluding hydrogens is 246 g/mol. The minimum absolute atomic E-state index is 0.242. The Morgan fingerprint density at radius 1 is 1.39 bits per heavy atom. The summed E-state index contributed by atoms with van der Waals surface area (Å²) in [5.41, 5.74) is 2.91. The van der Waals surface area contributed by atoms with Crippen LogP contribution in [0.4, 0.5) is 0 Å². The number of nitrogens with zero attached hydrogens (tertiary/aromatic N) is 1. The third-order valence-corrected chi connectivity index (χ3v) is 3.87. The van der Waals surface area contributed by atoms with E-state index in [1.165, 1.54) is 0 Å². The van der Waals surface area contributed by atoms with E-state index in [1.54, 1.807) is 11.3 Å². The number of carbonyl (C=O) groups is 1. The molecule has 0 aliphatic heterocycles. The second-order valence-electron chi connectivity index (χ2n) is 4.39. The maximum atomic E-state index is 11.5. The highest BCUT2D eigenvalue weighted by atomic mass is 32.1. The Morgan fingerprint density at radius 2 is 2.28 bits per heavy atom. The molecule has 0 amide bonds. The standard InChI is InChI=1S/C14H13NO2S/c1-9-15-11(8-18-9)7-17-12-3-4-13-10(6-12)2-5-14(13)16/h3-4,6,8H,2,5,7H2,1H3. The first-order valence-corrected chi connectivity index (χ1v) is 6.80. The molecule has 18 heavy (non-hydrogen) atoms. The van der Waals surface area contributed by atoms with Gasteiger partial charge in [0.25, 0.3) is 0 Å². The zero-order valence-electron chi connectivity index (χ0n) is 10.1. The summed E-state index contributed by atoms with van der Waals surface area (Å²) in [5, 5.41) is 3.06. The number of thiazole rings is 1. The van der Waals surface area contributed by atoms with E-state index in [-0.39, 0.29) is 5.78 Å². The van der Waals surface area contributed by atoms with E-state index in [1.807, 2.05) is 30.5 Å². The van der Waals surface area contributed by atoms with Gasteiger partial charge in [0.15, 0.2) is 5.78 Å². The number of aromatic nitrogens is 1. The zero-order chi connectivity index (χ0) is 12.5. The topological polar surface area (TPSA) is 39.2 Å². The quantitative estimate of drug-likeness (QED) is 0.850. The summed E-state index contributed by atoms with van der Waals surface area (Å²) in [4.78, 5) is 15.9. The molecule has 0 radical (unpaired) electrons. The largest absolute Gasteiger partial charge is 0.487 e. The van der Waals surface area contributed by atoms with Crippen LogP contribution < -0.4 is 4.74 Å². The molecule has 1 aromatic heterocycles. The maximum Gasteiger partial charge on any atom is 0.163 e. The van der Waals surface area contributed by atoms with Crippen LogP contribution in [0.3, 0.4) is 0 Å². The molecule has 0 bridgehead atoms. The molecule has 3 rings (SSSR count). The molecule has 0 atom stereocenters. The average molecular weight is 259 g/mol. The van der Waals surface area contributed by atoms with Crippen LogP contribution in [0, 0.1) is 6.92 Å². The lowest BCUT2D eigenvalue weighted by Crippen LogP contribution is -1.97. The van der Waals surface area contributed by atoms with Crippen molar-refractivity contribution in [3.8, 4) is 5.75 Å². The number of fused-ring (bicyclic) bond motifs is 1. The molecule has 1 aliphatic rings. The number of aryl methyl sites for hydroxylation is 2. The Hall–Kier alpha value is -1.68. The Bertz CT molecular complexity index is 604. The summed E-state index contributed by atoms with van der Waals surface area (Å²) in [7, 11) is 0. The van der Waals surface area contributed by atoms with E-state index >= 15 is 0 Å². The first kappa shape index (κ1) is 11.4. The number of Topliss-reactive ketones (excluding diaryl/α,β-unsaturated/α-hetero) is 1. The van der Waals surface area contributed by atoms with Crippen LogP contribution in [-0.2, 0) is 13.0 Å². The van der Waals surface area contributed by atoms with Crippen molar-refractivity contribution in [3.63, 3.8) is 0 Å². The van der Waals surface area contributed by atoms with Crippen molar-refractivity contribution in [3.05, 3.63) is 45.4 Å². The van der Waals surface area contributed by atoms with Crippen LogP contribution in [0.5, 0.6) is 5.75 Å². The fourth-order valence-corrected chi connectivity index (χ4v) is 2.75. The number of hydrogen-bond acceptors (Lipinski definition) is 4. The van der Waals surface area contributed by atoms with Gasteiger partial charge in [-0.3, -0.25) is 4.79 Å². The smallest absolute Gasteiger partial charge is 0.163 e. The molecule has 0 N–H and O–H groups in total. The van der Waals surface area contributed by atoms with Gasteiger partial charge in [-0.25, -0.2) is 4.98 Å². The van der Waals surface area contributed by atoms with E-state index < -0.39 is 0 Å². The summed E-state index contributed by atoms with van der Waals surface area (Å²) in [6.07, 6.45) is 1.46. The van der Waals surface area contributed by atoms with Gasteiger partial charge in [0.2, 0.25) is 0 Å². The van der Waals surface area contributed by atoms with E-state index in [9.17, 15) is 4.79 Å². The molecular formula is C14H13NO2S. The Morgan fingerprint density at radius 3 is 3.06 bits per heavy atom. The van der Waals surface area contributed by atoms with Gasteiger partial charge in [-0.2, -0.15) is 0 Å². The number of carbonyl (C=O) groups excluding carboxylic acids is 1. The van der Waals surface area contributed by atoms with Gasteiger partial charge < -0.3 is 4.74 Å². The molecule has 0 saturated carbocycles. The van der Waals surface area contributed by atoms with E-state index in [0.717, 1.165) is 34.0 Å². The van der Waals surface area contributed by atoms with Crippen molar-refractivity contribution >= 4 is 17.1 Å². The lowest BCUT2D eigenvalue weighted by molar-refractivity contribution is 0.0994. The molecule has 1 heterocycles. The van der Waals surface area contributed by atoms with Crippen LogP contribution in [0.25, 0.3) is 0 Å². The van der Waals surface area contributed by atoms with Crippen molar-refractivity contribution in [1.82, 2.24) is 4.98 Å². The third-order valence-electron chi connectivity index (χ3n) is 3.05. The summed E-state index contributed by atoms with van der Waals surface area (Å²) in [6.45, 7) is 2.46. The van der Waals surface area contributed by atoms with Crippen molar-refractivity contribution < 1.29 is 9.53 Å². The molecule has 3 nitrogen and oxygen atoms in total. The average Bonchev–Trinajstić information content (AvgIpc) is 2.94. The number of ketones is 1. The summed E-state index contributed by atoms with van der Waals surface area (Å²) < 4.78 is 5.70. The molecule has 92 valence electrons. The molecule has 2 aromatic rings. The lowest BCUT2D eigenvalue weighted by atomic mass is 10.1. The summed E-state index contributed by atoms with van der Waals surface area (Å²) >= 11 is 1.62.